The van der Waals surface area contributed by atoms with Crippen molar-refractivity contribution in [3.05, 3.63) is 45.8 Å². The van der Waals surface area contributed by atoms with Crippen LogP contribution in [0.2, 0.25) is 0 Å². The van der Waals surface area contributed by atoms with Gasteiger partial charge in [0.2, 0.25) is 0 Å². The SMILES string of the molecule is Cc1cc(NCc2cn(CCCO)nn2)ccc1[N+](=O)[O-]. The van der Waals surface area contributed by atoms with Crippen molar-refractivity contribution in [1.82, 2.24) is 15.0 Å². The minimum absolute atomic E-state index is 0.107. The average molecular weight is 291 g/mol. The molecule has 0 radical (unpaired) electrons. The number of hydrogen-bond donors (Lipinski definition) is 2. The van der Waals surface area contributed by atoms with E-state index in [0.717, 1.165) is 11.4 Å². The van der Waals surface area contributed by atoms with Crippen molar-refractivity contribution in [2.24, 2.45) is 0 Å². The van der Waals surface area contributed by atoms with Gasteiger partial charge >= 0.3 is 0 Å². The van der Waals surface area contributed by atoms with Crippen LogP contribution in [0.5, 0.6) is 0 Å². The quantitative estimate of drug-likeness (QED) is 0.591. The van der Waals surface area contributed by atoms with E-state index in [9.17, 15) is 10.1 Å². The molecule has 2 N–H and O–H groups in total. The van der Waals surface area contributed by atoms with Crippen LogP contribution in [0, 0.1) is 17.0 Å². The van der Waals surface area contributed by atoms with Crippen LogP contribution in [0.25, 0.3) is 0 Å². The van der Waals surface area contributed by atoms with Gasteiger partial charge in [-0.25, -0.2) is 0 Å². The predicted molar refractivity (Wildman–Crippen MR) is 76.9 cm³/mol. The van der Waals surface area contributed by atoms with Crippen LogP contribution in [0.1, 0.15) is 17.7 Å². The summed E-state index contributed by atoms with van der Waals surface area (Å²) in [5.41, 5.74) is 2.28. The highest BCUT2D eigenvalue weighted by Gasteiger charge is 2.10. The fraction of sp³-hybridized carbons (Fsp3) is 0.385. The van der Waals surface area contributed by atoms with Gasteiger partial charge in [0, 0.05) is 30.5 Å². The average Bonchev–Trinajstić information content (AvgIpc) is 2.90. The Balaban J connectivity index is 1.95. The summed E-state index contributed by atoms with van der Waals surface area (Å²) in [6.45, 7) is 2.93. The first kappa shape index (κ1) is 14.9. The van der Waals surface area contributed by atoms with Gasteiger partial charge in [0.05, 0.1) is 17.7 Å². The lowest BCUT2D eigenvalue weighted by Crippen LogP contribution is -2.01. The summed E-state index contributed by atoms with van der Waals surface area (Å²) < 4.78 is 1.67. The van der Waals surface area contributed by atoms with Gasteiger partial charge in [0.25, 0.3) is 5.69 Å². The Morgan fingerprint density at radius 1 is 1.48 bits per heavy atom. The first-order valence-electron chi connectivity index (χ1n) is 6.59. The van der Waals surface area contributed by atoms with E-state index in [1.54, 1.807) is 29.9 Å². The van der Waals surface area contributed by atoms with Crippen molar-refractivity contribution in [3.63, 3.8) is 0 Å². The molecule has 0 unspecified atom stereocenters. The Labute approximate surface area is 121 Å². The highest BCUT2D eigenvalue weighted by atomic mass is 16.6. The molecular weight excluding hydrogens is 274 g/mol. The summed E-state index contributed by atoms with van der Waals surface area (Å²) in [4.78, 5) is 10.4. The number of anilines is 1. The standard InChI is InChI=1S/C13H17N5O3/c1-10-7-11(3-4-13(10)18(20)21)14-8-12-9-17(16-15-12)5-2-6-19/h3-4,7,9,14,19H,2,5-6,8H2,1H3. The second-order valence-corrected chi connectivity index (χ2v) is 4.66. The van der Waals surface area contributed by atoms with Gasteiger partial charge in [-0.15, -0.1) is 5.10 Å². The number of rotatable bonds is 7. The summed E-state index contributed by atoms with van der Waals surface area (Å²) in [7, 11) is 0. The first-order chi connectivity index (χ1) is 10.1. The zero-order valence-electron chi connectivity index (χ0n) is 11.7. The summed E-state index contributed by atoms with van der Waals surface area (Å²) >= 11 is 0. The second-order valence-electron chi connectivity index (χ2n) is 4.66. The monoisotopic (exact) mass is 291 g/mol. The fourth-order valence-electron chi connectivity index (χ4n) is 1.92. The van der Waals surface area contributed by atoms with Crippen LogP contribution in [-0.2, 0) is 13.1 Å². The predicted octanol–water partition coefficient (Wildman–Crippen LogP) is 1.49. The highest BCUT2D eigenvalue weighted by Crippen LogP contribution is 2.21. The molecule has 0 amide bonds. The number of aryl methyl sites for hydroxylation is 2. The number of nitro benzene ring substituents is 1. The molecular formula is C13H17N5O3. The number of nitrogens with one attached hydrogen (secondary N) is 1. The Morgan fingerprint density at radius 3 is 2.95 bits per heavy atom. The molecule has 8 nitrogen and oxygen atoms in total. The van der Waals surface area contributed by atoms with E-state index in [0.29, 0.717) is 25.1 Å². The molecule has 21 heavy (non-hydrogen) atoms. The van der Waals surface area contributed by atoms with Crippen molar-refractivity contribution in [1.29, 1.82) is 0 Å². The molecule has 0 aliphatic rings. The topological polar surface area (TPSA) is 106 Å². The number of benzene rings is 1. The number of aromatic nitrogens is 3. The molecule has 0 saturated heterocycles. The van der Waals surface area contributed by atoms with Crippen molar-refractivity contribution < 1.29 is 10.0 Å². The van der Waals surface area contributed by atoms with E-state index < -0.39 is 4.92 Å². The molecule has 0 aliphatic carbocycles. The van der Waals surface area contributed by atoms with Gasteiger partial charge in [0.15, 0.2) is 0 Å². The van der Waals surface area contributed by atoms with E-state index in [-0.39, 0.29) is 12.3 Å². The molecule has 112 valence electrons. The van der Waals surface area contributed by atoms with Crippen molar-refractivity contribution in [2.45, 2.75) is 26.4 Å². The lowest BCUT2D eigenvalue weighted by molar-refractivity contribution is -0.385. The lowest BCUT2D eigenvalue weighted by atomic mass is 10.2. The number of aliphatic hydroxyl groups excluding tert-OH is 1. The maximum Gasteiger partial charge on any atom is 0.272 e. The molecule has 0 spiro atoms. The van der Waals surface area contributed by atoms with Gasteiger partial charge < -0.3 is 10.4 Å². The number of hydrogen-bond acceptors (Lipinski definition) is 6. The van der Waals surface area contributed by atoms with Crippen LogP contribution >= 0.6 is 0 Å². The third kappa shape index (κ3) is 3.99. The largest absolute Gasteiger partial charge is 0.396 e. The summed E-state index contributed by atoms with van der Waals surface area (Å²) in [6, 6.07) is 4.88. The summed E-state index contributed by atoms with van der Waals surface area (Å²) in [5.74, 6) is 0. The van der Waals surface area contributed by atoms with E-state index >= 15 is 0 Å². The third-order valence-corrected chi connectivity index (χ3v) is 3.00. The normalized spacial score (nSPS) is 10.6. The van der Waals surface area contributed by atoms with Crippen LogP contribution in [0.3, 0.4) is 0 Å². The van der Waals surface area contributed by atoms with Gasteiger partial charge in [-0.2, -0.15) is 0 Å². The fourth-order valence-corrected chi connectivity index (χ4v) is 1.92. The zero-order chi connectivity index (χ0) is 15.2. The minimum atomic E-state index is -0.397. The van der Waals surface area contributed by atoms with Crippen molar-refractivity contribution in [3.8, 4) is 0 Å². The van der Waals surface area contributed by atoms with Crippen molar-refractivity contribution >= 4 is 11.4 Å². The molecule has 2 rings (SSSR count). The Morgan fingerprint density at radius 2 is 2.29 bits per heavy atom. The molecule has 0 atom stereocenters. The third-order valence-electron chi connectivity index (χ3n) is 3.00. The maximum atomic E-state index is 10.7. The molecule has 2 aromatic rings. The van der Waals surface area contributed by atoms with Gasteiger partial charge in [-0.1, -0.05) is 5.21 Å². The van der Waals surface area contributed by atoms with Crippen LogP contribution in [0.4, 0.5) is 11.4 Å². The molecule has 0 bridgehead atoms. The van der Waals surface area contributed by atoms with Crippen LogP contribution in [0.15, 0.2) is 24.4 Å². The summed E-state index contributed by atoms with van der Waals surface area (Å²) in [6.07, 6.45) is 2.44. The number of nitrogens with zero attached hydrogens (tertiary/aromatic N) is 4. The molecule has 0 saturated carbocycles. The van der Waals surface area contributed by atoms with E-state index in [4.69, 9.17) is 5.11 Å². The van der Waals surface area contributed by atoms with Gasteiger partial charge in [0.1, 0.15) is 5.69 Å². The van der Waals surface area contributed by atoms with E-state index in [1.165, 1.54) is 6.07 Å². The highest BCUT2D eigenvalue weighted by molar-refractivity contribution is 5.53. The molecule has 0 fully saturated rings. The number of aliphatic hydroxyl groups is 1. The molecule has 1 aromatic heterocycles. The maximum absolute atomic E-state index is 10.7. The first-order valence-corrected chi connectivity index (χ1v) is 6.59. The smallest absolute Gasteiger partial charge is 0.272 e. The lowest BCUT2D eigenvalue weighted by Gasteiger charge is -2.05. The van der Waals surface area contributed by atoms with Crippen LogP contribution in [-0.4, -0.2) is 31.6 Å². The molecule has 1 aromatic carbocycles. The van der Waals surface area contributed by atoms with Crippen LogP contribution < -0.4 is 5.32 Å². The minimum Gasteiger partial charge on any atom is -0.396 e. The second kappa shape index (κ2) is 6.80. The van der Waals surface area contributed by atoms with E-state index in [1.807, 2.05) is 0 Å². The van der Waals surface area contributed by atoms with Crippen molar-refractivity contribution in [2.75, 3.05) is 11.9 Å². The Hall–Kier alpha value is -2.48. The molecule has 8 heteroatoms. The molecule has 1 heterocycles. The number of nitro groups is 1. The summed E-state index contributed by atoms with van der Waals surface area (Å²) in [5, 5.41) is 30.6. The molecule has 0 aliphatic heterocycles. The Bertz CT molecular complexity index is 626. The zero-order valence-corrected chi connectivity index (χ0v) is 11.7. The van der Waals surface area contributed by atoms with E-state index in [2.05, 4.69) is 15.6 Å². The van der Waals surface area contributed by atoms with Gasteiger partial charge in [-0.05, 0) is 25.5 Å². The van der Waals surface area contributed by atoms with Gasteiger partial charge in [-0.3, -0.25) is 14.8 Å². The Kier molecular flexibility index (Phi) is 4.83.